The number of aromatic nitrogens is 1. The summed E-state index contributed by atoms with van der Waals surface area (Å²) in [6, 6.07) is 9.52. The predicted molar refractivity (Wildman–Crippen MR) is 61.0 cm³/mol. The van der Waals surface area contributed by atoms with Gasteiger partial charge in [0.15, 0.2) is 0 Å². The Hall–Kier alpha value is -2.23. The Morgan fingerprint density at radius 3 is 2.71 bits per heavy atom. The van der Waals surface area contributed by atoms with Crippen LogP contribution in [0.1, 0.15) is 5.69 Å². The van der Waals surface area contributed by atoms with Crippen LogP contribution in [0.5, 0.6) is 0 Å². The van der Waals surface area contributed by atoms with Crippen molar-refractivity contribution in [2.45, 2.75) is 6.42 Å². The van der Waals surface area contributed by atoms with Gasteiger partial charge in [-0.15, -0.1) is 0 Å². The number of carboxylic acid groups (broad SMARTS) is 1. The third kappa shape index (κ3) is 2.87. The minimum atomic E-state index is -0.936. The van der Waals surface area contributed by atoms with Gasteiger partial charge in [0.1, 0.15) is 5.82 Å². The molecule has 0 fully saturated rings. The van der Waals surface area contributed by atoms with E-state index < -0.39 is 5.97 Å². The summed E-state index contributed by atoms with van der Waals surface area (Å²) in [6.45, 7) is 0. The number of pyridine rings is 1. The Labute approximate surface area is 97.6 Å². The molecule has 1 aromatic heterocycles. The molecule has 0 amide bonds. The molecule has 4 heteroatoms. The number of benzene rings is 1. The molecular weight excluding hydrogens is 221 g/mol. The first-order valence-electron chi connectivity index (χ1n) is 5.08. The highest BCUT2D eigenvalue weighted by Crippen LogP contribution is 2.20. The predicted octanol–water partition coefficient (Wildman–Crippen LogP) is 2.51. The van der Waals surface area contributed by atoms with Crippen LogP contribution in [0.15, 0.2) is 42.6 Å². The standard InChI is InChI=1S/C13H10FNO2/c14-11-3-1-2-9(6-11)10-4-5-15-12(7-10)8-13(16)17/h1-7H,8H2,(H,16,17). The molecular formula is C13H10FNO2. The molecule has 2 aromatic rings. The van der Waals surface area contributed by atoms with Gasteiger partial charge in [-0.05, 0) is 35.4 Å². The van der Waals surface area contributed by atoms with Crippen LogP contribution in [0.3, 0.4) is 0 Å². The molecule has 0 aliphatic heterocycles. The van der Waals surface area contributed by atoms with Gasteiger partial charge in [0.25, 0.3) is 0 Å². The highest BCUT2D eigenvalue weighted by Gasteiger charge is 2.04. The summed E-state index contributed by atoms with van der Waals surface area (Å²) in [5, 5.41) is 8.67. The van der Waals surface area contributed by atoms with Crippen LogP contribution >= 0.6 is 0 Å². The van der Waals surface area contributed by atoms with Crippen LogP contribution < -0.4 is 0 Å². The molecule has 17 heavy (non-hydrogen) atoms. The van der Waals surface area contributed by atoms with E-state index in [2.05, 4.69) is 4.98 Å². The first kappa shape index (κ1) is 11.3. The van der Waals surface area contributed by atoms with E-state index >= 15 is 0 Å². The fourth-order valence-corrected chi connectivity index (χ4v) is 1.58. The number of hydrogen-bond acceptors (Lipinski definition) is 2. The van der Waals surface area contributed by atoms with Crippen molar-refractivity contribution in [3.8, 4) is 11.1 Å². The lowest BCUT2D eigenvalue weighted by atomic mass is 10.1. The minimum absolute atomic E-state index is 0.136. The molecule has 2 rings (SSSR count). The van der Waals surface area contributed by atoms with Crippen LogP contribution in [-0.4, -0.2) is 16.1 Å². The Kier molecular flexibility index (Phi) is 3.14. The first-order chi connectivity index (χ1) is 8.15. The normalized spacial score (nSPS) is 10.2. The summed E-state index contributed by atoms with van der Waals surface area (Å²) >= 11 is 0. The molecule has 1 N–H and O–H groups in total. The van der Waals surface area contributed by atoms with E-state index in [1.54, 1.807) is 24.3 Å². The zero-order valence-corrected chi connectivity index (χ0v) is 8.93. The van der Waals surface area contributed by atoms with Gasteiger partial charge in [-0.3, -0.25) is 9.78 Å². The molecule has 0 bridgehead atoms. The van der Waals surface area contributed by atoms with Crippen LogP contribution in [-0.2, 0) is 11.2 Å². The molecule has 1 heterocycles. The van der Waals surface area contributed by atoms with E-state index in [4.69, 9.17) is 5.11 Å². The Bertz CT molecular complexity index is 555. The van der Waals surface area contributed by atoms with Gasteiger partial charge in [-0.25, -0.2) is 4.39 Å². The van der Waals surface area contributed by atoms with Gasteiger partial charge >= 0.3 is 5.97 Å². The average molecular weight is 231 g/mol. The molecule has 0 radical (unpaired) electrons. The minimum Gasteiger partial charge on any atom is -0.481 e. The second-order valence-electron chi connectivity index (χ2n) is 3.62. The summed E-state index contributed by atoms with van der Waals surface area (Å²) < 4.78 is 13.1. The maximum absolute atomic E-state index is 13.1. The first-order valence-corrected chi connectivity index (χ1v) is 5.08. The van der Waals surface area contributed by atoms with E-state index in [0.29, 0.717) is 11.3 Å². The molecule has 0 atom stereocenters. The largest absolute Gasteiger partial charge is 0.481 e. The van der Waals surface area contributed by atoms with Crippen molar-refractivity contribution in [3.63, 3.8) is 0 Å². The van der Waals surface area contributed by atoms with Gasteiger partial charge in [-0.2, -0.15) is 0 Å². The van der Waals surface area contributed by atoms with E-state index in [-0.39, 0.29) is 12.2 Å². The monoisotopic (exact) mass is 231 g/mol. The van der Waals surface area contributed by atoms with Gasteiger partial charge in [0.05, 0.1) is 12.1 Å². The molecule has 0 aliphatic carbocycles. The number of carboxylic acids is 1. The summed E-state index contributed by atoms with van der Waals surface area (Å²) in [7, 11) is 0. The highest BCUT2D eigenvalue weighted by molar-refractivity contribution is 5.71. The third-order valence-corrected chi connectivity index (χ3v) is 2.31. The zero-order chi connectivity index (χ0) is 12.3. The van der Waals surface area contributed by atoms with Crippen molar-refractivity contribution < 1.29 is 14.3 Å². The zero-order valence-electron chi connectivity index (χ0n) is 8.93. The summed E-state index contributed by atoms with van der Waals surface area (Å²) in [5.41, 5.74) is 1.93. The van der Waals surface area contributed by atoms with Crippen LogP contribution in [0.2, 0.25) is 0 Å². The number of halogens is 1. The lowest BCUT2D eigenvalue weighted by Gasteiger charge is -2.03. The van der Waals surface area contributed by atoms with Crippen LogP contribution in [0, 0.1) is 5.82 Å². The van der Waals surface area contributed by atoms with Gasteiger partial charge in [0.2, 0.25) is 0 Å². The number of carbonyl (C=O) groups is 1. The Morgan fingerprint density at radius 2 is 2.00 bits per heavy atom. The fourth-order valence-electron chi connectivity index (χ4n) is 1.58. The molecule has 86 valence electrons. The SMILES string of the molecule is O=C(O)Cc1cc(-c2cccc(F)c2)ccn1. The van der Waals surface area contributed by atoms with Crippen molar-refractivity contribution in [2.24, 2.45) is 0 Å². The maximum Gasteiger partial charge on any atom is 0.309 e. The molecule has 0 unspecified atom stereocenters. The van der Waals surface area contributed by atoms with Crippen LogP contribution in [0.25, 0.3) is 11.1 Å². The third-order valence-electron chi connectivity index (χ3n) is 2.31. The summed E-state index contributed by atoms with van der Waals surface area (Å²) in [4.78, 5) is 14.5. The second kappa shape index (κ2) is 4.74. The number of nitrogens with zero attached hydrogens (tertiary/aromatic N) is 1. The molecule has 0 saturated heterocycles. The van der Waals surface area contributed by atoms with Gasteiger partial charge < -0.3 is 5.11 Å². The van der Waals surface area contributed by atoms with Crippen molar-refractivity contribution >= 4 is 5.97 Å². The summed E-state index contributed by atoms with van der Waals surface area (Å²) in [6.07, 6.45) is 1.39. The van der Waals surface area contributed by atoms with E-state index in [1.165, 1.54) is 18.3 Å². The van der Waals surface area contributed by atoms with E-state index in [0.717, 1.165) is 5.56 Å². The smallest absolute Gasteiger partial charge is 0.309 e. The lowest BCUT2D eigenvalue weighted by Crippen LogP contribution is -2.02. The summed E-state index contributed by atoms with van der Waals surface area (Å²) in [5.74, 6) is -1.26. The van der Waals surface area contributed by atoms with Crippen molar-refractivity contribution in [3.05, 3.63) is 54.1 Å². The second-order valence-corrected chi connectivity index (χ2v) is 3.62. The molecule has 0 saturated carbocycles. The quantitative estimate of drug-likeness (QED) is 0.883. The molecule has 0 spiro atoms. The van der Waals surface area contributed by atoms with Crippen molar-refractivity contribution in [1.29, 1.82) is 0 Å². The Balaban J connectivity index is 2.36. The molecule has 0 aliphatic rings. The Morgan fingerprint density at radius 1 is 1.24 bits per heavy atom. The van der Waals surface area contributed by atoms with E-state index in [9.17, 15) is 9.18 Å². The maximum atomic E-state index is 13.1. The molecule has 3 nitrogen and oxygen atoms in total. The van der Waals surface area contributed by atoms with Crippen LogP contribution in [0.4, 0.5) is 4.39 Å². The highest BCUT2D eigenvalue weighted by atomic mass is 19.1. The van der Waals surface area contributed by atoms with Gasteiger partial charge in [-0.1, -0.05) is 12.1 Å². The van der Waals surface area contributed by atoms with E-state index in [1.807, 2.05) is 0 Å². The van der Waals surface area contributed by atoms with Gasteiger partial charge in [0, 0.05) is 6.20 Å². The fraction of sp³-hybridized carbons (Fsp3) is 0.0769. The lowest BCUT2D eigenvalue weighted by molar-refractivity contribution is -0.136. The van der Waals surface area contributed by atoms with Crippen molar-refractivity contribution in [1.82, 2.24) is 4.98 Å². The number of rotatable bonds is 3. The average Bonchev–Trinajstić information content (AvgIpc) is 2.28. The number of aliphatic carboxylic acids is 1. The van der Waals surface area contributed by atoms with Crippen molar-refractivity contribution in [2.75, 3.05) is 0 Å². The number of hydrogen-bond donors (Lipinski definition) is 1. The topological polar surface area (TPSA) is 50.2 Å². The molecule has 1 aromatic carbocycles.